The summed E-state index contributed by atoms with van der Waals surface area (Å²) in [5.41, 5.74) is 6.37. The molecule has 2 aromatic rings. The van der Waals surface area contributed by atoms with E-state index in [1.807, 2.05) is 46.7 Å². The lowest BCUT2D eigenvalue weighted by atomic mass is 9.80. The van der Waals surface area contributed by atoms with Gasteiger partial charge in [0.1, 0.15) is 11.9 Å². The molecule has 1 amide bonds. The van der Waals surface area contributed by atoms with Crippen LogP contribution in [0, 0.1) is 5.92 Å². The Labute approximate surface area is 177 Å². The van der Waals surface area contributed by atoms with Crippen molar-refractivity contribution < 1.29 is 19.7 Å². The Morgan fingerprint density at radius 1 is 1.31 bits per heavy atom. The van der Waals surface area contributed by atoms with Crippen LogP contribution in [-0.2, 0) is 11.3 Å². The number of aliphatic imine (C=N–C) groups is 1. The maximum atomic E-state index is 12.1. The Bertz CT molecular complexity index is 888. The van der Waals surface area contributed by atoms with Gasteiger partial charge < -0.3 is 25.6 Å². The lowest BCUT2D eigenvalue weighted by Crippen LogP contribution is -2.58. The number of ether oxygens (including phenoxy) is 1. The van der Waals surface area contributed by atoms with E-state index in [0.717, 1.165) is 16.3 Å². The number of methoxy groups -OCH3 is 1. The van der Waals surface area contributed by atoms with Crippen molar-refractivity contribution in [1.29, 1.82) is 0 Å². The van der Waals surface area contributed by atoms with Gasteiger partial charge in [-0.25, -0.2) is 4.99 Å². The van der Waals surface area contributed by atoms with E-state index in [1.165, 1.54) is 11.8 Å². The second-order valence-electron chi connectivity index (χ2n) is 7.18. The van der Waals surface area contributed by atoms with Crippen LogP contribution in [0.4, 0.5) is 5.69 Å². The number of aliphatic hydroxyl groups is 2. The van der Waals surface area contributed by atoms with Crippen molar-refractivity contribution in [3.8, 4) is 5.75 Å². The minimum atomic E-state index is -1.000. The van der Waals surface area contributed by atoms with Gasteiger partial charge in [0.15, 0.2) is 5.17 Å². The topological polar surface area (TPSA) is 108 Å². The van der Waals surface area contributed by atoms with E-state index in [0.29, 0.717) is 11.7 Å². The summed E-state index contributed by atoms with van der Waals surface area (Å²) in [6.45, 7) is 0.538. The molecular weight excluding hydrogens is 410 g/mol. The normalized spacial score (nSPS) is 30.4. The van der Waals surface area contributed by atoms with Crippen molar-refractivity contribution in [2.45, 2.75) is 36.5 Å². The van der Waals surface area contributed by atoms with Gasteiger partial charge in [-0.1, -0.05) is 17.8 Å². The summed E-state index contributed by atoms with van der Waals surface area (Å²) < 4.78 is 5.20. The summed E-state index contributed by atoms with van der Waals surface area (Å²) in [5, 5.41) is 23.6. The molecule has 4 rings (SSSR count). The highest BCUT2D eigenvalue weighted by atomic mass is 32.2. The van der Waals surface area contributed by atoms with Gasteiger partial charge in [0.2, 0.25) is 5.91 Å². The second-order valence-corrected chi connectivity index (χ2v) is 9.35. The predicted molar refractivity (Wildman–Crippen MR) is 114 cm³/mol. The lowest BCUT2D eigenvalue weighted by Gasteiger charge is -2.41. The van der Waals surface area contributed by atoms with Gasteiger partial charge >= 0.3 is 0 Å². The summed E-state index contributed by atoms with van der Waals surface area (Å²) in [4.78, 5) is 19.9. The van der Waals surface area contributed by atoms with Crippen LogP contribution < -0.4 is 10.5 Å². The maximum absolute atomic E-state index is 12.1. The third-order valence-corrected chi connectivity index (χ3v) is 7.67. The van der Waals surface area contributed by atoms with Crippen LogP contribution in [0.1, 0.15) is 11.3 Å². The number of amides is 1. The molecular formula is C20H23N3O4S2. The smallest absolute Gasteiger partial charge is 0.221 e. The summed E-state index contributed by atoms with van der Waals surface area (Å²) in [5.74, 6) is -0.248. The number of hydrogen-bond acceptors (Lipinski definition) is 7. The zero-order chi connectivity index (χ0) is 20.5. The second kappa shape index (κ2) is 8.35. The van der Waals surface area contributed by atoms with Crippen molar-refractivity contribution in [2.75, 3.05) is 7.11 Å². The average Bonchev–Trinajstić information content (AvgIpc) is 3.34. The summed E-state index contributed by atoms with van der Waals surface area (Å²) >= 11 is 3.06. The van der Waals surface area contributed by atoms with Gasteiger partial charge in [0, 0.05) is 10.1 Å². The Balaban J connectivity index is 1.72. The van der Waals surface area contributed by atoms with Crippen molar-refractivity contribution in [3.05, 3.63) is 46.7 Å². The summed E-state index contributed by atoms with van der Waals surface area (Å²) in [6.07, 6.45) is -1.82. The third-order valence-electron chi connectivity index (χ3n) is 5.39. The lowest BCUT2D eigenvalue weighted by molar-refractivity contribution is -0.128. The van der Waals surface area contributed by atoms with Crippen LogP contribution in [0.15, 0.2) is 46.8 Å². The van der Waals surface area contributed by atoms with E-state index >= 15 is 0 Å². The van der Waals surface area contributed by atoms with E-state index in [1.54, 1.807) is 18.4 Å². The van der Waals surface area contributed by atoms with E-state index in [4.69, 9.17) is 15.5 Å². The number of fused-ring (bicyclic) bond motifs is 1. The standard InChI is InChI=1S/C20H23N3O4S2/c1-27-12-6-4-11(5-7-12)22-20-23(10-13-3-2-8-28-13)16-17(25)15(24)9-14(19(21)26)18(16)29-20/h2-8,14-18,24-25H,9-10H2,1H3,(H2,21,26). The van der Waals surface area contributed by atoms with Crippen LogP contribution in [0.5, 0.6) is 5.75 Å². The van der Waals surface area contributed by atoms with Crippen LogP contribution in [0.25, 0.3) is 0 Å². The average molecular weight is 434 g/mol. The van der Waals surface area contributed by atoms with Crippen LogP contribution >= 0.6 is 23.1 Å². The third kappa shape index (κ3) is 4.00. The molecule has 0 bridgehead atoms. The fourth-order valence-corrected chi connectivity index (χ4v) is 6.19. The van der Waals surface area contributed by atoms with Gasteiger partial charge in [-0.15, -0.1) is 11.3 Å². The molecule has 29 heavy (non-hydrogen) atoms. The van der Waals surface area contributed by atoms with E-state index in [9.17, 15) is 15.0 Å². The highest BCUT2D eigenvalue weighted by Gasteiger charge is 2.54. The first-order valence-electron chi connectivity index (χ1n) is 9.32. The number of carbonyl (C=O) groups is 1. The molecule has 1 aliphatic heterocycles. The fourth-order valence-electron chi connectivity index (χ4n) is 3.90. The molecule has 154 valence electrons. The number of primary amides is 1. The van der Waals surface area contributed by atoms with Crippen molar-refractivity contribution >= 4 is 39.9 Å². The highest BCUT2D eigenvalue weighted by molar-refractivity contribution is 8.14. The number of thioether (sulfide) groups is 1. The largest absolute Gasteiger partial charge is 0.497 e. The van der Waals surface area contributed by atoms with Crippen molar-refractivity contribution in [1.82, 2.24) is 4.90 Å². The molecule has 1 saturated carbocycles. The number of hydrogen-bond donors (Lipinski definition) is 3. The summed E-state index contributed by atoms with van der Waals surface area (Å²) in [6, 6.07) is 10.9. The number of benzene rings is 1. The number of thiophene rings is 1. The Hall–Kier alpha value is -2.07. The monoisotopic (exact) mass is 433 g/mol. The van der Waals surface area contributed by atoms with E-state index in [2.05, 4.69) is 0 Å². The van der Waals surface area contributed by atoms with E-state index in [-0.39, 0.29) is 11.7 Å². The molecule has 2 aliphatic rings. The first kappa shape index (κ1) is 20.2. The first-order valence-corrected chi connectivity index (χ1v) is 11.1. The molecule has 0 radical (unpaired) electrons. The molecule has 1 aromatic carbocycles. The number of nitrogens with two attached hydrogens (primary N) is 1. The molecule has 9 heteroatoms. The molecule has 1 aromatic heterocycles. The highest BCUT2D eigenvalue weighted by Crippen LogP contribution is 2.45. The van der Waals surface area contributed by atoms with Crippen molar-refractivity contribution in [2.24, 2.45) is 16.6 Å². The zero-order valence-corrected chi connectivity index (χ0v) is 17.5. The molecule has 0 spiro atoms. The first-order chi connectivity index (χ1) is 14.0. The number of carbonyl (C=O) groups excluding carboxylic acids is 1. The predicted octanol–water partition coefficient (Wildman–Crippen LogP) is 1.96. The molecule has 2 heterocycles. The van der Waals surface area contributed by atoms with Crippen molar-refractivity contribution in [3.63, 3.8) is 0 Å². The zero-order valence-electron chi connectivity index (χ0n) is 15.8. The quantitative estimate of drug-likeness (QED) is 0.665. The van der Waals surface area contributed by atoms with Gasteiger partial charge in [-0.05, 0) is 42.1 Å². The Kier molecular flexibility index (Phi) is 5.82. The number of aliphatic hydroxyl groups excluding tert-OH is 2. The Morgan fingerprint density at radius 2 is 2.07 bits per heavy atom. The van der Waals surface area contributed by atoms with E-state index < -0.39 is 30.1 Å². The molecule has 5 atom stereocenters. The van der Waals surface area contributed by atoms with Crippen LogP contribution in [0.2, 0.25) is 0 Å². The number of nitrogens with zero attached hydrogens (tertiary/aromatic N) is 2. The summed E-state index contributed by atoms with van der Waals surface area (Å²) in [7, 11) is 1.61. The molecule has 7 nitrogen and oxygen atoms in total. The number of rotatable bonds is 5. The molecule has 4 N–H and O–H groups in total. The Morgan fingerprint density at radius 3 is 2.69 bits per heavy atom. The van der Waals surface area contributed by atoms with Crippen LogP contribution in [0.3, 0.4) is 0 Å². The maximum Gasteiger partial charge on any atom is 0.221 e. The van der Waals surface area contributed by atoms with Crippen LogP contribution in [-0.4, -0.2) is 56.8 Å². The molecule has 2 fully saturated rings. The van der Waals surface area contributed by atoms with Gasteiger partial charge in [-0.2, -0.15) is 0 Å². The molecule has 1 saturated heterocycles. The molecule has 1 aliphatic carbocycles. The van der Waals surface area contributed by atoms with Gasteiger partial charge in [0.25, 0.3) is 0 Å². The fraction of sp³-hybridized carbons (Fsp3) is 0.400. The molecule has 5 unspecified atom stereocenters. The van der Waals surface area contributed by atoms with Gasteiger partial charge in [-0.3, -0.25) is 4.79 Å². The van der Waals surface area contributed by atoms with Gasteiger partial charge in [0.05, 0.1) is 37.4 Å². The minimum Gasteiger partial charge on any atom is -0.497 e. The minimum absolute atomic E-state index is 0.160. The SMILES string of the molecule is COc1ccc(N=C2SC3C(C(N)=O)CC(O)C(O)C3N2Cc2cccs2)cc1. The number of amidine groups is 1.